The molecule has 0 aliphatic carbocycles. The summed E-state index contributed by atoms with van der Waals surface area (Å²) >= 11 is 7.78. The second kappa shape index (κ2) is 8.60. The van der Waals surface area contributed by atoms with Gasteiger partial charge in [0.25, 0.3) is 5.91 Å². The highest BCUT2D eigenvalue weighted by molar-refractivity contribution is 8.13. The van der Waals surface area contributed by atoms with Gasteiger partial charge in [-0.25, -0.2) is 4.99 Å². The fourth-order valence-corrected chi connectivity index (χ4v) is 3.73. The quantitative estimate of drug-likeness (QED) is 0.734. The Labute approximate surface area is 163 Å². The van der Waals surface area contributed by atoms with E-state index >= 15 is 0 Å². The number of benzene rings is 2. The summed E-state index contributed by atoms with van der Waals surface area (Å²) in [5.74, 6) is 1.54. The number of ether oxygens (including phenoxy) is 1. The van der Waals surface area contributed by atoms with Gasteiger partial charge in [0, 0.05) is 17.3 Å². The predicted octanol–water partition coefficient (Wildman–Crippen LogP) is 5.07. The van der Waals surface area contributed by atoms with E-state index in [1.807, 2.05) is 55.5 Å². The van der Waals surface area contributed by atoms with Gasteiger partial charge in [-0.2, -0.15) is 0 Å². The summed E-state index contributed by atoms with van der Waals surface area (Å²) in [6.07, 6.45) is 0.352. The maximum atomic E-state index is 12.9. The third kappa shape index (κ3) is 4.59. The van der Waals surface area contributed by atoms with Crippen LogP contribution in [0.5, 0.6) is 5.75 Å². The van der Waals surface area contributed by atoms with Crippen LogP contribution in [0.3, 0.4) is 0 Å². The summed E-state index contributed by atoms with van der Waals surface area (Å²) in [5.41, 5.74) is 1.75. The van der Waals surface area contributed by atoms with Crippen LogP contribution in [0.2, 0.25) is 5.02 Å². The van der Waals surface area contributed by atoms with Crippen LogP contribution in [0.25, 0.3) is 0 Å². The number of rotatable bonds is 4. The van der Waals surface area contributed by atoms with Gasteiger partial charge in [0.2, 0.25) is 0 Å². The van der Waals surface area contributed by atoms with Crippen LogP contribution in [0, 0.1) is 6.92 Å². The van der Waals surface area contributed by atoms with Crippen molar-refractivity contribution in [3.05, 3.63) is 59.1 Å². The van der Waals surface area contributed by atoms with Crippen molar-refractivity contribution in [1.82, 2.24) is 4.90 Å². The Morgan fingerprint density at radius 3 is 2.77 bits per heavy atom. The number of aryl methyl sites for hydroxylation is 1. The lowest BCUT2D eigenvalue weighted by atomic mass is 10.2. The SMILES string of the molecule is Cc1ccc(N=C2SCCCN2C(=O)C(C)Oc2ccccc2)cc1Cl. The highest BCUT2D eigenvalue weighted by Gasteiger charge is 2.28. The van der Waals surface area contributed by atoms with Crippen molar-refractivity contribution in [3.8, 4) is 5.75 Å². The molecule has 0 N–H and O–H groups in total. The maximum Gasteiger partial charge on any atom is 0.269 e. The Bertz CT molecular complexity index is 811. The Kier molecular flexibility index (Phi) is 6.22. The molecule has 26 heavy (non-hydrogen) atoms. The molecular weight excluding hydrogens is 368 g/mol. The number of hydrogen-bond acceptors (Lipinski definition) is 4. The van der Waals surface area contributed by atoms with E-state index in [9.17, 15) is 4.79 Å². The first kappa shape index (κ1) is 18.8. The number of amides is 1. The maximum absolute atomic E-state index is 12.9. The van der Waals surface area contributed by atoms with Crippen LogP contribution in [0.15, 0.2) is 53.5 Å². The highest BCUT2D eigenvalue weighted by Crippen LogP contribution is 2.27. The minimum Gasteiger partial charge on any atom is -0.481 e. The predicted molar refractivity (Wildman–Crippen MR) is 109 cm³/mol. The van der Waals surface area contributed by atoms with Crippen LogP contribution >= 0.6 is 23.4 Å². The molecule has 0 spiro atoms. The molecule has 3 rings (SSSR count). The number of carbonyl (C=O) groups is 1. The van der Waals surface area contributed by atoms with Crippen molar-refractivity contribution >= 4 is 40.1 Å². The molecule has 0 radical (unpaired) electrons. The van der Waals surface area contributed by atoms with E-state index in [0.29, 0.717) is 22.5 Å². The average molecular weight is 389 g/mol. The number of aliphatic imine (C=N–C) groups is 1. The molecule has 136 valence electrons. The number of hydrogen-bond donors (Lipinski definition) is 0. The van der Waals surface area contributed by atoms with Gasteiger partial charge in [0.05, 0.1) is 5.69 Å². The number of nitrogens with zero attached hydrogens (tertiary/aromatic N) is 2. The van der Waals surface area contributed by atoms with Gasteiger partial charge in [0.1, 0.15) is 5.75 Å². The monoisotopic (exact) mass is 388 g/mol. The zero-order valence-electron chi connectivity index (χ0n) is 14.8. The van der Waals surface area contributed by atoms with Gasteiger partial charge in [-0.05, 0) is 50.1 Å². The smallest absolute Gasteiger partial charge is 0.269 e. The first-order valence-electron chi connectivity index (χ1n) is 8.55. The van der Waals surface area contributed by atoms with Crippen molar-refractivity contribution in [2.45, 2.75) is 26.4 Å². The summed E-state index contributed by atoms with van der Waals surface area (Å²) in [6, 6.07) is 15.0. The van der Waals surface area contributed by atoms with Crippen molar-refractivity contribution < 1.29 is 9.53 Å². The number of halogens is 1. The Morgan fingerprint density at radius 2 is 2.04 bits per heavy atom. The second-order valence-corrected chi connectivity index (χ2v) is 7.56. The van der Waals surface area contributed by atoms with Crippen molar-refractivity contribution in [2.75, 3.05) is 12.3 Å². The topological polar surface area (TPSA) is 41.9 Å². The summed E-state index contributed by atoms with van der Waals surface area (Å²) < 4.78 is 5.79. The molecule has 2 aromatic carbocycles. The lowest BCUT2D eigenvalue weighted by molar-refractivity contribution is -0.133. The standard InChI is InChI=1S/C20H21ClN2O2S/c1-14-9-10-16(13-18(14)21)22-20-23(11-6-12-26-20)19(24)15(2)25-17-7-4-3-5-8-17/h3-5,7-10,13,15H,6,11-12H2,1-2H3. The first-order chi connectivity index (χ1) is 12.5. The molecular formula is C20H21ClN2O2S. The molecule has 1 amide bonds. The molecule has 1 saturated heterocycles. The van der Waals surface area contributed by atoms with E-state index in [4.69, 9.17) is 16.3 Å². The molecule has 4 nitrogen and oxygen atoms in total. The summed E-state index contributed by atoms with van der Waals surface area (Å²) in [5, 5.41) is 1.37. The van der Waals surface area contributed by atoms with Crippen LogP contribution in [0.1, 0.15) is 18.9 Å². The van der Waals surface area contributed by atoms with E-state index in [0.717, 1.165) is 23.4 Å². The Morgan fingerprint density at radius 1 is 1.27 bits per heavy atom. The van der Waals surface area contributed by atoms with Gasteiger partial charge in [0.15, 0.2) is 11.3 Å². The molecule has 1 aliphatic rings. The molecule has 0 aromatic heterocycles. The molecule has 1 aliphatic heterocycles. The number of amidine groups is 1. The van der Waals surface area contributed by atoms with Gasteiger partial charge in [-0.3, -0.25) is 9.69 Å². The molecule has 1 fully saturated rings. The van der Waals surface area contributed by atoms with Gasteiger partial charge >= 0.3 is 0 Å². The fraction of sp³-hybridized carbons (Fsp3) is 0.300. The number of carbonyl (C=O) groups excluding carboxylic acids is 1. The van der Waals surface area contributed by atoms with Gasteiger partial charge in [-0.15, -0.1) is 0 Å². The second-order valence-electron chi connectivity index (χ2n) is 6.09. The van der Waals surface area contributed by atoms with E-state index < -0.39 is 6.10 Å². The summed E-state index contributed by atoms with van der Waals surface area (Å²) in [7, 11) is 0. The lowest BCUT2D eigenvalue weighted by Crippen LogP contribution is -2.45. The van der Waals surface area contributed by atoms with Gasteiger partial charge < -0.3 is 4.74 Å². The normalized spacial score (nSPS) is 17.2. The van der Waals surface area contributed by atoms with Crippen molar-refractivity contribution in [1.29, 1.82) is 0 Å². The molecule has 2 aromatic rings. The number of para-hydroxylation sites is 1. The molecule has 0 saturated carbocycles. The molecule has 1 heterocycles. The molecule has 6 heteroatoms. The minimum absolute atomic E-state index is 0.0852. The number of thioether (sulfide) groups is 1. The van der Waals surface area contributed by atoms with Crippen LogP contribution in [-0.4, -0.2) is 34.4 Å². The molecule has 1 atom stereocenters. The minimum atomic E-state index is -0.581. The largest absolute Gasteiger partial charge is 0.481 e. The van der Waals surface area contributed by atoms with E-state index in [1.165, 1.54) is 0 Å². The van der Waals surface area contributed by atoms with E-state index in [-0.39, 0.29) is 5.91 Å². The molecule has 1 unspecified atom stereocenters. The lowest BCUT2D eigenvalue weighted by Gasteiger charge is -2.30. The van der Waals surface area contributed by atoms with Crippen LogP contribution in [-0.2, 0) is 4.79 Å². The van der Waals surface area contributed by atoms with Gasteiger partial charge in [-0.1, -0.05) is 47.6 Å². The van der Waals surface area contributed by atoms with Crippen LogP contribution < -0.4 is 4.74 Å². The fourth-order valence-electron chi connectivity index (χ4n) is 2.59. The third-order valence-electron chi connectivity index (χ3n) is 4.04. The van der Waals surface area contributed by atoms with Crippen LogP contribution in [0.4, 0.5) is 5.69 Å². The third-order valence-corrected chi connectivity index (χ3v) is 5.51. The summed E-state index contributed by atoms with van der Waals surface area (Å²) in [4.78, 5) is 19.3. The molecule has 0 bridgehead atoms. The first-order valence-corrected chi connectivity index (χ1v) is 9.91. The Balaban J connectivity index is 1.78. The van der Waals surface area contributed by atoms with Crippen molar-refractivity contribution in [3.63, 3.8) is 0 Å². The Hall–Kier alpha value is -1.98. The van der Waals surface area contributed by atoms with Crippen molar-refractivity contribution in [2.24, 2.45) is 4.99 Å². The highest BCUT2D eigenvalue weighted by atomic mass is 35.5. The van der Waals surface area contributed by atoms with E-state index in [1.54, 1.807) is 23.6 Å². The summed E-state index contributed by atoms with van der Waals surface area (Å²) in [6.45, 7) is 4.37. The average Bonchev–Trinajstić information content (AvgIpc) is 2.65. The van der Waals surface area contributed by atoms with E-state index in [2.05, 4.69) is 4.99 Å². The zero-order valence-corrected chi connectivity index (χ0v) is 16.4. The zero-order chi connectivity index (χ0) is 18.5.